The van der Waals surface area contributed by atoms with Gasteiger partial charge in [0.1, 0.15) is 6.33 Å². The molecule has 0 unspecified atom stereocenters. The summed E-state index contributed by atoms with van der Waals surface area (Å²) in [5.74, 6) is 0.679. The van der Waals surface area contributed by atoms with E-state index in [-0.39, 0.29) is 30.3 Å². The molecular formula is C34H34N4O5S2. The van der Waals surface area contributed by atoms with E-state index in [1.165, 1.54) is 0 Å². The van der Waals surface area contributed by atoms with Crippen molar-refractivity contribution in [3.63, 3.8) is 0 Å². The third-order valence-electron chi connectivity index (χ3n) is 7.62. The van der Waals surface area contributed by atoms with E-state index >= 15 is 0 Å². The van der Waals surface area contributed by atoms with E-state index in [0.717, 1.165) is 38.5 Å². The molecule has 1 aliphatic rings. The van der Waals surface area contributed by atoms with Crippen LogP contribution in [0.15, 0.2) is 120 Å². The van der Waals surface area contributed by atoms with Crippen LogP contribution in [0.4, 0.5) is 0 Å². The summed E-state index contributed by atoms with van der Waals surface area (Å²) in [5, 5.41) is 18.5. The van der Waals surface area contributed by atoms with Crippen LogP contribution in [0.1, 0.15) is 41.1 Å². The van der Waals surface area contributed by atoms with Gasteiger partial charge in [-0.05, 0) is 52.1 Å². The highest BCUT2D eigenvalue weighted by Gasteiger charge is 2.32. The minimum Gasteiger partial charge on any atom is -0.392 e. The van der Waals surface area contributed by atoms with Crippen molar-refractivity contribution in [1.82, 2.24) is 19.5 Å². The molecule has 0 aliphatic carbocycles. The smallest absolute Gasteiger partial charge is 0.240 e. The van der Waals surface area contributed by atoms with Gasteiger partial charge in [0, 0.05) is 31.3 Å². The van der Waals surface area contributed by atoms with Crippen molar-refractivity contribution in [2.45, 2.75) is 48.1 Å². The molecule has 0 spiro atoms. The highest BCUT2D eigenvalue weighted by molar-refractivity contribution is 7.99. The second kappa shape index (κ2) is 14.1. The van der Waals surface area contributed by atoms with Gasteiger partial charge >= 0.3 is 0 Å². The predicted octanol–water partition coefficient (Wildman–Crippen LogP) is 5.79. The van der Waals surface area contributed by atoms with Crippen molar-refractivity contribution in [2.24, 2.45) is 7.05 Å². The molecule has 5 aromatic rings. The van der Waals surface area contributed by atoms with Crippen LogP contribution in [0.3, 0.4) is 0 Å². The quantitative estimate of drug-likeness (QED) is 0.174. The molecule has 9 nitrogen and oxygen atoms in total. The Morgan fingerprint density at radius 3 is 2.38 bits per heavy atom. The van der Waals surface area contributed by atoms with E-state index in [2.05, 4.69) is 21.0 Å². The van der Waals surface area contributed by atoms with Crippen LogP contribution in [0.25, 0.3) is 11.1 Å². The number of benzene rings is 4. The lowest BCUT2D eigenvalue weighted by Gasteiger charge is -2.36. The molecule has 3 atom stereocenters. The third-order valence-corrected chi connectivity index (χ3v) is 10.2. The Kier molecular flexibility index (Phi) is 9.74. The van der Waals surface area contributed by atoms with Crippen LogP contribution in [-0.2, 0) is 39.7 Å². The van der Waals surface area contributed by atoms with E-state index in [1.54, 1.807) is 48.4 Å². The normalized spacial score (nSPS) is 18.6. The maximum atomic E-state index is 12.7. The molecule has 0 radical (unpaired) electrons. The van der Waals surface area contributed by atoms with E-state index in [0.29, 0.717) is 12.2 Å². The molecule has 6 rings (SSSR count). The molecule has 0 amide bonds. The summed E-state index contributed by atoms with van der Waals surface area (Å²) in [4.78, 5) is 0.234. The Morgan fingerprint density at radius 2 is 1.64 bits per heavy atom. The van der Waals surface area contributed by atoms with Crippen molar-refractivity contribution in [3.8, 4) is 11.1 Å². The monoisotopic (exact) mass is 642 g/mol. The number of thioether (sulfide) groups is 1. The van der Waals surface area contributed by atoms with Crippen LogP contribution in [0, 0.1) is 0 Å². The maximum absolute atomic E-state index is 12.7. The summed E-state index contributed by atoms with van der Waals surface area (Å²) in [6, 6.07) is 32.0. The third kappa shape index (κ3) is 7.70. The van der Waals surface area contributed by atoms with Crippen LogP contribution < -0.4 is 4.72 Å². The molecule has 2 heterocycles. The van der Waals surface area contributed by atoms with Crippen LogP contribution in [0.5, 0.6) is 0 Å². The second-order valence-corrected chi connectivity index (χ2v) is 13.6. The molecule has 1 saturated heterocycles. The average Bonchev–Trinajstić information content (AvgIpc) is 3.51. The van der Waals surface area contributed by atoms with Gasteiger partial charge in [-0.15, -0.1) is 10.2 Å². The fraction of sp³-hybridized carbons (Fsp3) is 0.235. The number of rotatable bonds is 11. The summed E-state index contributed by atoms with van der Waals surface area (Å²) in [6.45, 7) is 0.155. The molecule has 232 valence electrons. The number of sulfonamides is 1. The number of aliphatic hydroxyl groups is 1. The second-order valence-electron chi connectivity index (χ2n) is 10.8. The van der Waals surface area contributed by atoms with Gasteiger partial charge in [0.15, 0.2) is 11.4 Å². The molecule has 0 saturated carbocycles. The number of hydrogen-bond donors (Lipinski definition) is 2. The van der Waals surface area contributed by atoms with E-state index in [1.807, 2.05) is 78.3 Å². The molecule has 1 aliphatic heterocycles. The highest BCUT2D eigenvalue weighted by atomic mass is 32.2. The molecule has 0 bridgehead atoms. The SMILES string of the molecule is Cn1cnnc1SC[C@H]1C[C@@H](c2ccc(CO)cc2)O[C@@H](c2cccc(-c3cccc(CNS(=O)(=O)c4ccccc4)c3)c2)O1. The first-order chi connectivity index (χ1) is 21.9. The first-order valence-electron chi connectivity index (χ1n) is 14.6. The van der Waals surface area contributed by atoms with Crippen molar-refractivity contribution in [2.75, 3.05) is 5.75 Å². The summed E-state index contributed by atoms with van der Waals surface area (Å²) in [5.41, 5.74) is 5.51. The lowest BCUT2D eigenvalue weighted by atomic mass is 9.99. The summed E-state index contributed by atoms with van der Waals surface area (Å²) in [6.07, 6.45) is 1.43. The lowest BCUT2D eigenvalue weighted by Crippen LogP contribution is -2.31. The van der Waals surface area contributed by atoms with Crippen molar-refractivity contribution in [3.05, 3.63) is 132 Å². The van der Waals surface area contributed by atoms with Gasteiger partial charge in [0.05, 0.1) is 23.7 Å². The van der Waals surface area contributed by atoms with E-state index < -0.39 is 16.3 Å². The van der Waals surface area contributed by atoms with Crippen LogP contribution in [-0.4, -0.2) is 40.1 Å². The molecular weight excluding hydrogens is 609 g/mol. The first kappa shape index (κ1) is 31.2. The Balaban J connectivity index is 1.21. The minimum absolute atomic E-state index is 0.0125. The van der Waals surface area contributed by atoms with Gasteiger partial charge in [-0.1, -0.05) is 90.6 Å². The van der Waals surface area contributed by atoms with Crippen LogP contribution >= 0.6 is 11.8 Å². The van der Waals surface area contributed by atoms with Gasteiger partial charge in [0.2, 0.25) is 10.0 Å². The largest absolute Gasteiger partial charge is 0.392 e. The van der Waals surface area contributed by atoms with Crippen molar-refractivity contribution < 1.29 is 23.0 Å². The van der Waals surface area contributed by atoms with Crippen molar-refractivity contribution in [1.29, 1.82) is 0 Å². The number of aryl methyl sites for hydroxylation is 1. The van der Waals surface area contributed by atoms with Crippen molar-refractivity contribution >= 4 is 21.8 Å². The fourth-order valence-corrected chi connectivity index (χ4v) is 7.12. The maximum Gasteiger partial charge on any atom is 0.240 e. The summed E-state index contributed by atoms with van der Waals surface area (Å²) >= 11 is 1.59. The zero-order valence-corrected chi connectivity index (χ0v) is 26.3. The van der Waals surface area contributed by atoms with Gasteiger partial charge in [0.25, 0.3) is 0 Å². The Morgan fingerprint density at radius 1 is 0.889 bits per heavy atom. The first-order valence-corrected chi connectivity index (χ1v) is 17.1. The zero-order valence-electron chi connectivity index (χ0n) is 24.7. The number of hydrogen-bond acceptors (Lipinski definition) is 8. The number of nitrogens with one attached hydrogen (secondary N) is 1. The summed E-state index contributed by atoms with van der Waals surface area (Å²) < 4.78 is 43.1. The van der Waals surface area contributed by atoms with E-state index in [9.17, 15) is 13.5 Å². The standard InChI is InChI=1S/C34H34N4O5S2/c1-38-23-35-37-34(38)44-22-30-19-32(26-15-13-24(21-39)14-16-26)43-33(42-30)29-10-6-9-28(18-29)27-8-5-7-25(17-27)20-36-45(40,41)31-11-3-2-4-12-31/h2-18,23,30,32-33,36,39H,19-22H2,1H3/t30-,32+,33+/m1/s1. The Bertz CT molecular complexity index is 1830. The number of aromatic nitrogens is 3. The molecule has 4 aromatic carbocycles. The predicted molar refractivity (Wildman–Crippen MR) is 172 cm³/mol. The number of ether oxygens (including phenoxy) is 2. The zero-order chi connectivity index (χ0) is 31.2. The molecule has 45 heavy (non-hydrogen) atoms. The molecule has 2 N–H and O–H groups in total. The Hall–Kier alpha value is -3.84. The topological polar surface area (TPSA) is 116 Å². The highest BCUT2D eigenvalue weighted by Crippen LogP contribution is 2.40. The molecule has 1 aromatic heterocycles. The molecule has 1 fully saturated rings. The van der Waals surface area contributed by atoms with E-state index in [4.69, 9.17) is 9.47 Å². The van der Waals surface area contributed by atoms with Gasteiger partial charge in [-0.2, -0.15) is 0 Å². The lowest BCUT2D eigenvalue weighted by molar-refractivity contribution is -0.245. The number of aliphatic hydroxyl groups excluding tert-OH is 1. The van der Waals surface area contributed by atoms with Crippen LogP contribution in [0.2, 0.25) is 0 Å². The molecule has 11 heteroatoms. The number of nitrogens with zero attached hydrogens (tertiary/aromatic N) is 3. The van der Waals surface area contributed by atoms with Gasteiger partial charge in [-0.3, -0.25) is 0 Å². The fourth-order valence-electron chi connectivity index (χ4n) is 5.18. The minimum atomic E-state index is -3.62. The van der Waals surface area contributed by atoms with Gasteiger partial charge in [-0.25, -0.2) is 13.1 Å². The van der Waals surface area contributed by atoms with Gasteiger partial charge < -0.3 is 19.1 Å². The average molecular weight is 643 g/mol. The Labute approximate surface area is 267 Å². The summed E-state index contributed by atoms with van der Waals surface area (Å²) in [7, 11) is -1.71.